The number of aliphatic hydroxyl groups is 1. The van der Waals surface area contributed by atoms with Crippen molar-refractivity contribution in [2.75, 3.05) is 7.11 Å². The van der Waals surface area contributed by atoms with Crippen LogP contribution >= 0.6 is 11.3 Å². The first-order chi connectivity index (χ1) is 9.56. The molecular weight excluding hydrogens is 298 g/mol. The van der Waals surface area contributed by atoms with Gasteiger partial charge in [-0.25, -0.2) is 13.1 Å². The van der Waals surface area contributed by atoms with Gasteiger partial charge in [0.1, 0.15) is 10.6 Å². The lowest BCUT2D eigenvalue weighted by molar-refractivity contribution is 0.281. The largest absolute Gasteiger partial charge is 0.495 e. The van der Waals surface area contributed by atoms with Crippen LogP contribution < -0.4 is 9.46 Å². The van der Waals surface area contributed by atoms with Gasteiger partial charge in [-0.1, -0.05) is 12.1 Å². The first-order valence-electron chi connectivity index (χ1n) is 5.86. The van der Waals surface area contributed by atoms with Crippen LogP contribution in [0.15, 0.2) is 40.6 Å². The Bertz CT molecular complexity index is 666. The van der Waals surface area contributed by atoms with Crippen molar-refractivity contribution in [1.82, 2.24) is 4.72 Å². The second-order valence-electron chi connectivity index (χ2n) is 4.05. The minimum Gasteiger partial charge on any atom is -0.495 e. The van der Waals surface area contributed by atoms with Crippen LogP contribution in [-0.4, -0.2) is 20.6 Å². The summed E-state index contributed by atoms with van der Waals surface area (Å²) in [6.07, 6.45) is 0. The standard InChI is InChI=1S/C13H15NO4S2/c1-18-12-5-4-10(9-15)7-13(12)20(16,17)14-8-11-3-2-6-19-11/h2-7,14-15H,8-9H2,1H3. The van der Waals surface area contributed by atoms with Gasteiger partial charge in [-0.2, -0.15) is 0 Å². The lowest BCUT2D eigenvalue weighted by Gasteiger charge is -2.11. The lowest BCUT2D eigenvalue weighted by Crippen LogP contribution is -2.23. The van der Waals surface area contributed by atoms with Crippen LogP contribution in [0.1, 0.15) is 10.4 Å². The predicted molar refractivity (Wildman–Crippen MR) is 77.3 cm³/mol. The maximum Gasteiger partial charge on any atom is 0.244 e. The summed E-state index contributed by atoms with van der Waals surface area (Å²) in [5.41, 5.74) is 0.516. The fraction of sp³-hybridized carbons (Fsp3) is 0.231. The van der Waals surface area contributed by atoms with Crippen LogP contribution in [-0.2, 0) is 23.2 Å². The Kier molecular flexibility index (Phi) is 4.77. The molecule has 2 N–H and O–H groups in total. The topological polar surface area (TPSA) is 75.6 Å². The number of rotatable bonds is 6. The number of thiophene rings is 1. The van der Waals surface area contributed by atoms with E-state index in [1.54, 1.807) is 6.07 Å². The number of benzene rings is 1. The summed E-state index contributed by atoms with van der Waals surface area (Å²) in [7, 11) is -2.28. The van der Waals surface area contributed by atoms with E-state index in [1.165, 1.54) is 30.6 Å². The zero-order chi connectivity index (χ0) is 14.6. The maximum atomic E-state index is 12.3. The van der Waals surface area contributed by atoms with Gasteiger partial charge in [0.15, 0.2) is 0 Å². The first-order valence-corrected chi connectivity index (χ1v) is 8.23. The molecule has 1 heterocycles. The molecule has 2 rings (SSSR count). The molecule has 0 radical (unpaired) electrons. The minimum absolute atomic E-state index is 0.0307. The minimum atomic E-state index is -3.69. The molecule has 5 nitrogen and oxygen atoms in total. The molecule has 7 heteroatoms. The smallest absolute Gasteiger partial charge is 0.244 e. The van der Waals surface area contributed by atoms with E-state index in [4.69, 9.17) is 9.84 Å². The van der Waals surface area contributed by atoms with E-state index in [-0.39, 0.29) is 23.8 Å². The molecule has 2 aromatic rings. The zero-order valence-corrected chi connectivity index (χ0v) is 12.5. The number of hydrogen-bond donors (Lipinski definition) is 2. The molecule has 0 saturated heterocycles. The molecule has 0 bridgehead atoms. The molecular formula is C13H15NO4S2. The fourth-order valence-corrected chi connectivity index (χ4v) is 3.65. The Morgan fingerprint density at radius 3 is 2.75 bits per heavy atom. The van der Waals surface area contributed by atoms with E-state index in [0.717, 1.165) is 4.88 Å². The number of ether oxygens (including phenoxy) is 1. The van der Waals surface area contributed by atoms with Crippen molar-refractivity contribution < 1.29 is 18.3 Å². The van der Waals surface area contributed by atoms with Crippen LogP contribution in [0.5, 0.6) is 5.75 Å². The molecule has 108 valence electrons. The monoisotopic (exact) mass is 313 g/mol. The zero-order valence-electron chi connectivity index (χ0n) is 10.9. The number of nitrogens with one attached hydrogen (secondary N) is 1. The van der Waals surface area contributed by atoms with E-state index in [9.17, 15) is 8.42 Å². The molecule has 0 saturated carbocycles. The molecule has 20 heavy (non-hydrogen) atoms. The Morgan fingerprint density at radius 1 is 1.35 bits per heavy atom. The summed E-state index contributed by atoms with van der Waals surface area (Å²) in [6, 6.07) is 8.29. The number of hydrogen-bond acceptors (Lipinski definition) is 5. The van der Waals surface area contributed by atoms with Gasteiger partial charge in [-0.3, -0.25) is 0 Å². The van der Waals surface area contributed by atoms with E-state index >= 15 is 0 Å². The van der Waals surface area contributed by atoms with Crippen LogP contribution in [0.3, 0.4) is 0 Å². The van der Waals surface area contributed by atoms with Crippen molar-refractivity contribution in [1.29, 1.82) is 0 Å². The molecule has 0 aliphatic heterocycles. The van der Waals surface area contributed by atoms with Crippen LogP contribution in [0.25, 0.3) is 0 Å². The van der Waals surface area contributed by atoms with Gasteiger partial charge in [0.25, 0.3) is 0 Å². The summed E-state index contributed by atoms with van der Waals surface area (Å²) in [4.78, 5) is 0.953. The summed E-state index contributed by atoms with van der Waals surface area (Å²) in [5, 5.41) is 11.0. The van der Waals surface area contributed by atoms with Crippen molar-refractivity contribution in [3.8, 4) is 5.75 Å². The van der Waals surface area contributed by atoms with Gasteiger partial charge in [0.05, 0.1) is 13.7 Å². The molecule has 1 aromatic carbocycles. The third kappa shape index (κ3) is 3.37. The Balaban J connectivity index is 2.28. The number of methoxy groups -OCH3 is 1. The molecule has 0 atom stereocenters. The highest BCUT2D eigenvalue weighted by molar-refractivity contribution is 7.89. The van der Waals surface area contributed by atoms with E-state index in [2.05, 4.69) is 4.72 Å². The maximum absolute atomic E-state index is 12.3. The van der Waals surface area contributed by atoms with Crippen molar-refractivity contribution in [3.63, 3.8) is 0 Å². The number of sulfonamides is 1. The van der Waals surface area contributed by atoms with E-state index in [1.807, 2.05) is 17.5 Å². The van der Waals surface area contributed by atoms with Gasteiger partial charge in [0, 0.05) is 11.4 Å². The molecule has 0 aliphatic rings. The molecule has 0 spiro atoms. The summed E-state index contributed by atoms with van der Waals surface area (Å²) in [6.45, 7) is 0.00391. The highest BCUT2D eigenvalue weighted by atomic mass is 32.2. The van der Waals surface area contributed by atoms with Crippen molar-refractivity contribution in [2.24, 2.45) is 0 Å². The molecule has 0 amide bonds. The third-order valence-electron chi connectivity index (χ3n) is 2.72. The normalized spacial score (nSPS) is 11.5. The molecule has 0 aliphatic carbocycles. The van der Waals surface area contributed by atoms with Gasteiger partial charge >= 0.3 is 0 Å². The average Bonchev–Trinajstić information content (AvgIpc) is 2.98. The number of aliphatic hydroxyl groups excluding tert-OH is 1. The molecule has 0 unspecified atom stereocenters. The summed E-state index contributed by atoms with van der Waals surface area (Å²) in [5.74, 6) is 0.251. The average molecular weight is 313 g/mol. The van der Waals surface area contributed by atoms with Crippen molar-refractivity contribution in [2.45, 2.75) is 18.0 Å². The SMILES string of the molecule is COc1ccc(CO)cc1S(=O)(=O)NCc1cccs1. The van der Waals surface area contributed by atoms with Crippen molar-refractivity contribution in [3.05, 3.63) is 46.2 Å². The van der Waals surface area contributed by atoms with E-state index < -0.39 is 10.0 Å². The lowest BCUT2D eigenvalue weighted by atomic mass is 10.2. The van der Waals surface area contributed by atoms with E-state index in [0.29, 0.717) is 5.56 Å². The summed E-state index contributed by atoms with van der Waals surface area (Å²) < 4.78 is 32.2. The first kappa shape index (κ1) is 15.0. The fourth-order valence-electron chi connectivity index (χ4n) is 1.69. The second-order valence-corrected chi connectivity index (χ2v) is 6.81. The second kappa shape index (κ2) is 6.36. The van der Waals surface area contributed by atoms with Gasteiger partial charge in [-0.15, -0.1) is 11.3 Å². The van der Waals surface area contributed by atoms with Crippen LogP contribution in [0.4, 0.5) is 0 Å². The quantitative estimate of drug-likeness (QED) is 0.851. The highest BCUT2D eigenvalue weighted by Crippen LogP contribution is 2.25. The Morgan fingerprint density at radius 2 is 2.15 bits per heavy atom. The molecule has 1 aromatic heterocycles. The predicted octanol–water partition coefficient (Wildman–Crippen LogP) is 1.73. The highest BCUT2D eigenvalue weighted by Gasteiger charge is 2.19. The van der Waals surface area contributed by atoms with Crippen LogP contribution in [0, 0.1) is 0 Å². The van der Waals surface area contributed by atoms with Gasteiger partial charge < -0.3 is 9.84 Å². The van der Waals surface area contributed by atoms with Gasteiger partial charge in [-0.05, 0) is 29.1 Å². The third-order valence-corrected chi connectivity index (χ3v) is 5.02. The Labute approximate surface area is 121 Å². The van der Waals surface area contributed by atoms with Crippen molar-refractivity contribution >= 4 is 21.4 Å². The Hall–Kier alpha value is -1.41. The molecule has 0 fully saturated rings. The van der Waals surface area contributed by atoms with Crippen LogP contribution in [0.2, 0.25) is 0 Å². The van der Waals surface area contributed by atoms with Gasteiger partial charge in [0.2, 0.25) is 10.0 Å². The summed E-state index contributed by atoms with van der Waals surface area (Å²) >= 11 is 1.48.